The topological polar surface area (TPSA) is 20.2 Å². The van der Waals surface area contributed by atoms with Crippen LogP contribution in [0.5, 0.6) is 0 Å². The van der Waals surface area contributed by atoms with Crippen molar-refractivity contribution in [1.82, 2.24) is 0 Å². The van der Waals surface area contributed by atoms with Gasteiger partial charge in [-0.15, -0.1) is 0 Å². The van der Waals surface area contributed by atoms with Gasteiger partial charge in [-0.3, -0.25) is 0 Å². The average Bonchev–Trinajstić information content (AvgIpc) is 2.14. The van der Waals surface area contributed by atoms with Crippen LogP contribution >= 0.6 is 0 Å². The molecule has 1 rings (SSSR count). The smallest absolute Gasteiger partial charge is 0.122 e. The van der Waals surface area contributed by atoms with Crippen molar-refractivity contribution < 1.29 is 9.50 Å². The Morgan fingerprint density at radius 1 is 1.54 bits per heavy atom. The predicted molar refractivity (Wildman–Crippen MR) is 51.2 cm³/mol. The molecule has 0 amide bonds. The third kappa shape index (κ3) is 3.38. The molecule has 0 saturated carbocycles. The van der Waals surface area contributed by atoms with Gasteiger partial charge in [-0.25, -0.2) is 4.39 Å². The van der Waals surface area contributed by atoms with Crippen molar-refractivity contribution in [3.63, 3.8) is 0 Å². The lowest BCUT2D eigenvalue weighted by molar-refractivity contribution is 0.297. The van der Waals surface area contributed by atoms with Crippen molar-refractivity contribution in [2.75, 3.05) is 6.61 Å². The van der Waals surface area contributed by atoms with E-state index in [1.165, 1.54) is 6.08 Å². The normalized spacial score (nSPS) is 11.8. The van der Waals surface area contributed by atoms with Crippen LogP contribution in [-0.2, 0) is 6.42 Å². The van der Waals surface area contributed by atoms with Gasteiger partial charge in [0.25, 0.3) is 0 Å². The van der Waals surface area contributed by atoms with Gasteiger partial charge in [-0.1, -0.05) is 29.8 Å². The van der Waals surface area contributed by atoms with E-state index in [2.05, 4.69) is 0 Å². The zero-order valence-electron chi connectivity index (χ0n) is 7.63. The molecule has 70 valence electrons. The number of halogens is 1. The van der Waals surface area contributed by atoms with E-state index in [-0.39, 0.29) is 0 Å². The lowest BCUT2D eigenvalue weighted by Gasteiger charge is -1.98. The molecule has 0 aromatic heterocycles. The van der Waals surface area contributed by atoms with Gasteiger partial charge in [0.05, 0.1) is 6.61 Å². The van der Waals surface area contributed by atoms with Crippen molar-refractivity contribution >= 4 is 0 Å². The molecular formula is C11H13FO. The molecule has 0 aliphatic carbocycles. The Kier molecular flexibility index (Phi) is 3.65. The second-order valence-corrected chi connectivity index (χ2v) is 3.00. The molecule has 0 bridgehead atoms. The SMILES string of the molecule is Cc1cccc(C/C=C(\F)CO)c1. The minimum absolute atomic E-state index is 0.471. The number of rotatable bonds is 3. The maximum Gasteiger partial charge on any atom is 0.122 e. The standard InChI is InChI=1S/C11H13FO/c1-9-3-2-4-10(7-9)5-6-11(12)8-13/h2-4,6-7,13H,5,8H2,1H3/b11-6-. The van der Waals surface area contributed by atoms with Crippen molar-refractivity contribution in [1.29, 1.82) is 0 Å². The van der Waals surface area contributed by atoms with Crippen LogP contribution in [0.3, 0.4) is 0 Å². The molecule has 1 N–H and O–H groups in total. The zero-order chi connectivity index (χ0) is 9.68. The number of benzene rings is 1. The fraction of sp³-hybridized carbons (Fsp3) is 0.273. The fourth-order valence-electron chi connectivity index (χ4n) is 1.13. The Bertz CT molecular complexity index is 305. The first-order chi connectivity index (χ1) is 6.22. The highest BCUT2D eigenvalue weighted by Crippen LogP contribution is 2.06. The molecular weight excluding hydrogens is 167 g/mol. The summed E-state index contributed by atoms with van der Waals surface area (Å²) >= 11 is 0. The van der Waals surface area contributed by atoms with Gasteiger partial charge in [0.2, 0.25) is 0 Å². The van der Waals surface area contributed by atoms with E-state index in [4.69, 9.17) is 5.11 Å². The minimum Gasteiger partial charge on any atom is -0.389 e. The Balaban J connectivity index is 2.64. The van der Waals surface area contributed by atoms with E-state index in [0.717, 1.165) is 11.1 Å². The highest BCUT2D eigenvalue weighted by atomic mass is 19.1. The summed E-state index contributed by atoms with van der Waals surface area (Å²) in [5.74, 6) is -0.471. The molecule has 0 aliphatic heterocycles. The second-order valence-electron chi connectivity index (χ2n) is 3.00. The molecule has 1 aromatic rings. The summed E-state index contributed by atoms with van der Waals surface area (Å²) in [4.78, 5) is 0. The molecule has 0 atom stereocenters. The van der Waals surface area contributed by atoms with E-state index < -0.39 is 12.4 Å². The Morgan fingerprint density at radius 2 is 2.31 bits per heavy atom. The van der Waals surface area contributed by atoms with Gasteiger partial charge in [-0.05, 0) is 25.0 Å². The monoisotopic (exact) mass is 180 g/mol. The predicted octanol–water partition coefficient (Wildman–Crippen LogP) is 2.38. The Morgan fingerprint density at radius 3 is 2.92 bits per heavy atom. The van der Waals surface area contributed by atoms with Crippen LogP contribution in [0.25, 0.3) is 0 Å². The van der Waals surface area contributed by atoms with Gasteiger partial charge < -0.3 is 5.11 Å². The lowest BCUT2D eigenvalue weighted by Crippen LogP contribution is -1.86. The third-order valence-electron chi connectivity index (χ3n) is 1.79. The van der Waals surface area contributed by atoms with Gasteiger partial charge in [0.1, 0.15) is 5.83 Å². The first-order valence-corrected chi connectivity index (χ1v) is 4.23. The van der Waals surface area contributed by atoms with Crippen LogP contribution in [-0.4, -0.2) is 11.7 Å². The Hall–Kier alpha value is -1.15. The summed E-state index contributed by atoms with van der Waals surface area (Å²) in [5, 5.41) is 8.42. The number of aliphatic hydroxyl groups excluding tert-OH is 1. The van der Waals surface area contributed by atoms with Crippen LogP contribution in [0.1, 0.15) is 11.1 Å². The molecule has 0 fully saturated rings. The lowest BCUT2D eigenvalue weighted by atomic mass is 10.1. The molecule has 0 heterocycles. The van der Waals surface area contributed by atoms with Crippen molar-refractivity contribution in [2.24, 2.45) is 0 Å². The van der Waals surface area contributed by atoms with Crippen LogP contribution < -0.4 is 0 Å². The van der Waals surface area contributed by atoms with Gasteiger partial charge in [0.15, 0.2) is 0 Å². The van der Waals surface area contributed by atoms with E-state index in [1.54, 1.807) is 0 Å². The maximum atomic E-state index is 12.5. The number of hydrogen-bond acceptors (Lipinski definition) is 1. The summed E-state index contributed by atoms with van der Waals surface area (Å²) in [6, 6.07) is 7.88. The van der Waals surface area contributed by atoms with Gasteiger partial charge >= 0.3 is 0 Å². The Labute approximate surface area is 77.5 Å². The second kappa shape index (κ2) is 4.77. The van der Waals surface area contributed by atoms with Crippen LogP contribution in [0.15, 0.2) is 36.2 Å². The number of aryl methyl sites for hydroxylation is 1. The van der Waals surface area contributed by atoms with Crippen molar-refractivity contribution in [3.8, 4) is 0 Å². The molecule has 0 radical (unpaired) electrons. The first kappa shape index (κ1) is 9.93. The molecule has 2 heteroatoms. The number of hydrogen-bond donors (Lipinski definition) is 1. The van der Waals surface area contributed by atoms with Gasteiger partial charge in [0, 0.05) is 0 Å². The molecule has 1 nitrogen and oxygen atoms in total. The maximum absolute atomic E-state index is 12.5. The fourth-order valence-corrected chi connectivity index (χ4v) is 1.13. The summed E-state index contributed by atoms with van der Waals surface area (Å²) in [6.45, 7) is 1.49. The number of allylic oxidation sites excluding steroid dienone is 1. The molecule has 0 saturated heterocycles. The third-order valence-corrected chi connectivity index (χ3v) is 1.79. The summed E-state index contributed by atoms with van der Waals surface area (Å²) in [7, 11) is 0. The first-order valence-electron chi connectivity index (χ1n) is 4.23. The van der Waals surface area contributed by atoms with Crippen molar-refractivity contribution in [3.05, 3.63) is 47.3 Å². The summed E-state index contributed by atoms with van der Waals surface area (Å²) in [6.07, 6.45) is 1.93. The molecule has 0 unspecified atom stereocenters. The van der Waals surface area contributed by atoms with E-state index in [1.807, 2.05) is 31.2 Å². The highest BCUT2D eigenvalue weighted by Gasteiger charge is 1.93. The molecule has 0 spiro atoms. The summed E-state index contributed by atoms with van der Waals surface area (Å²) in [5.41, 5.74) is 2.22. The van der Waals surface area contributed by atoms with E-state index in [9.17, 15) is 4.39 Å². The van der Waals surface area contributed by atoms with E-state index >= 15 is 0 Å². The van der Waals surface area contributed by atoms with E-state index in [0.29, 0.717) is 6.42 Å². The summed E-state index contributed by atoms with van der Waals surface area (Å²) < 4.78 is 12.5. The average molecular weight is 180 g/mol. The molecule has 1 aromatic carbocycles. The number of aliphatic hydroxyl groups is 1. The van der Waals surface area contributed by atoms with Gasteiger partial charge in [-0.2, -0.15) is 0 Å². The van der Waals surface area contributed by atoms with Crippen LogP contribution in [0.4, 0.5) is 4.39 Å². The van der Waals surface area contributed by atoms with Crippen molar-refractivity contribution in [2.45, 2.75) is 13.3 Å². The van der Waals surface area contributed by atoms with Crippen LogP contribution in [0, 0.1) is 6.92 Å². The highest BCUT2D eigenvalue weighted by molar-refractivity contribution is 5.24. The quantitative estimate of drug-likeness (QED) is 0.757. The zero-order valence-corrected chi connectivity index (χ0v) is 7.63. The molecule has 13 heavy (non-hydrogen) atoms. The largest absolute Gasteiger partial charge is 0.389 e. The minimum atomic E-state index is -0.508. The molecule has 0 aliphatic rings. The van der Waals surface area contributed by atoms with Crippen LogP contribution in [0.2, 0.25) is 0 Å².